The third kappa shape index (κ3) is 2.94. The lowest BCUT2D eigenvalue weighted by Gasteiger charge is -2.05. The molecule has 7 heteroatoms. The normalized spacial score (nSPS) is 10.4. The maximum atomic E-state index is 13.0. The number of carbonyl (C=O) groups excluding carboxylic acids is 1. The molecular formula is C13H12F2N2O3. The number of amides is 1. The van der Waals surface area contributed by atoms with Gasteiger partial charge in [-0.3, -0.25) is 10.2 Å². The number of hydrogen-bond donors (Lipinski definition) is 2. The van der Waals surface area contributed by atoms with Gasteiger partial charge in [0.2, 0.25) is 0 Å². The van der Waals surface area contributed by atoms with Crippen LogP contribution in [0.5, 0.6) is 5.75 Å². The Balaban J connectivity index is 2.08. The zero-order valence-corrected chi connectivity index (χ0v) is 10.6. The van der Waals surface area contributed by atoms with Crippen molar-refractivity contribution in [3.63, 3.8) is 0 Å². The number of rotatable bonds is 4. The van der Waals surface area contributed by atoms with Crippen molar-refractivity contribution in [3.05, 3.63) is 53.0 Å². The van der Waals surface area contributed by atoms with Crippen molar-refractivity contribution in [3.8, 4) is 5.75 Å². The maximum absolute atomic E-state index is 13.0. The largest absolute Gasteiger partial charge is 0.489 e. The quantitative estimate of drug-likeness (QED) is 0.511. The van der Waals surface area contributed by atoms with Crippen molar-refractivity contribution >= 4 is 5.91 Å². The van der Waals surface area contributed by atoms with Crippen molar-refractivity contribution in [1.29, 1.82) is 0 Å². The molecule has 0 radical (unpaired) electrons. The summed E-state index contributed by atoms with van der Waals surface area (Å²) in [6.45, 7) is 1.70. The number of hydrazine groups is 1. The summed E-state index contributed by atoms with van der Waals surface area (Å²) in [6.07, 6.45) is 0. The summed E-state index contributed by atoms with van der Waals surface area (Å²) >= 11 is 0. The smallest absolute Gasteiger partial charge is 0.300 e. The average Bonchev–Trinajstić information content (AvgIpc) is 2.80. The highest BCUT2D eigenvalue weighted by atomic mass is 19.2. The summed E-state index contributed by atoms with van der Waals surface area (Å²) < 4.78 is 36.3. The van der Waals surface area contributed by atoms with Crippen LogP contribution in [0.2, 0.25) is 0 Å². The van der Waals surface area contributed by atoms with Gasteiger partial charge < -0.3 is 9.15 Å². The fraction of sp³-hybridized carbons (Fsp3) is 0.154. The van der Waals surface area contributed by atoms with E-state index >= 15 is 0 Å². The van der Waals surface area contributed by atoms with Gasteiger partial charge in [-0.2, -0.15) is 0 Å². The van der Waals surface area contributed by atoms with Crippen LogP contribution in [0.1, 0.15) is 21.9 Å². The second kappa shape index (κ2) is 5.70. The summed E-state index contributed by atoms with van der Waals surface area (Å²) in [4.78, 5) is 11.3. The molecule has 0 aliphatic rings. The van der Waals surface area contributed by atoms with Gasteiger partial charge in [0, 0.05) is 11.6 Å². The molecule has 1 aromatic carbocycles. The molecule has 0 atom stereocenters. The van der Waals surface area contributed by atoms with E-state index in [2.05, 4.69) is 0 Å². The molecule has 0 bridgehead atoms. The van der Waals surface area contributed by atoms with Crippen molar-refractivity contribution < 1.29 is 22.7 Å². The number of nitrogens with two attached hydrogens (primary N) is 1. The molecule has 0 aliphatic carbocycles. The van der Waals surface area contributed by atoms with Crippen LogP contribution < -0.4 is 16.0 Å². The molecule has 0 fully saturated rings. The summed E-state index contributed by atoms with van der Waals surface area (Å²) in [5.41, 5.74) is 2.55. The Morgan fingerprint density at radius 1 is 1.35 bits per heavy atom. The second-order valence-electron chi connectivity index (χ2n) is 4.03. The third-order valence-electron chi connectivity index (χ3n) is 2.66. The van der Waals surface area contributed by atoms with Crippen LogP contribution in [0.25, 0.3) is 0 Å². The Morgan fingerprint density at radius 3 is 2.75 bits per heavy atom. The first kappa shape index (κ1) is 14.0. The lowest BCUT2D eigenvalue weighted by atomic mass is 10.2. The Kier molecular flexibility index (Phi) is 3.99. The Hall–Kier alpha value is -2.41. The fourth-order valence-corrected chi connectivity index (χ4v) is 1.57. The molecule has 1 aromatic heterocycles. The van der Waals surface area contributed by atoms with Gasteiger partial charge in [0.15, 0.2) is 17.4 Å². The average molecular weight is 282 g/mol. The van der Waals surface area contributed by atoms with Gasteiger partial charge in [0.05, 0.1) is 0 Å². The first-order chi connectivity index (χ1) is 9.51. The molecule has 106 valence electrons. The van der Waals surface area contributed by atoms with E-state index < -0.39 is 17.5 Å². The minimum Gasteiger partial charge on any atom is -0.489 e. The van der Waals surface area contributed by atoms with E-state index in [0.29, 0.717) is 11.3 Å². The Labute approximate surface area is 113 Å². The molecule has 0 spiro atoms. The molecule has 0 saturated carbocycles. The number of halogens is 2. The molecule has 1 heterocycles. The van der Waals surface area contributed by atoms with Gasteiger partial charge in [-0.25, -0.2) is 14.6 Å². The molecule has 0 unspecified atom stereocenters. The van der Waals surface area contributed by atoms with E-state index in [9.17, 15) is 13.6 Å². The zero-order chi connectivity index (χ0) is 14.7. The van der Waals surface area contributed by atoms with Crippen LogP contribution in [0.4, 0.5) is 8.78 Å². The van der Waals surface area contributed by atoms with Crippen LogP contribution in [0, 0.1) is 18.6 Å². The SMILES string of the molecule is Cc1oc(C(=O)NN)cc1COc1ccc(F)c(F)c1. The van der Waals surface area contributed by atoms with Crippen molar-refractivity contribution in [2.24, 2.45) is 5.84 Å². The summed E-state index contributed by atoms with van der Waals surface area (Å²) in [5.74, 6) is 3.19. The number of benzene rings is 1. The van der Waals surface area contributed by atoms with Gasteiger partial charge in [-0.15, -0.1) is 0 Å². The van der Waals surface area contributed by atoms with Crippen LogP contribution in [-0.4, -0.2) is 5.91 Å². The van der Waals surface area contributed by atoms with Crippen LogP contribution >= 0.6 is 0 Å². The van der Waals surface area contributed by atoms with E-state index in [0.717, 1.165) is 12.1 Å². The van der Waals surface area contributed by atoms with Crippen molar-refractivity contribution in [1.82, 2.24) is 5.43 Å². The first-order valence-corrected chi connectivity index (χ1v) is 5.69. The Morgan fingerprint density at radius 2 is 2.10 bits per heavy atom. The number of ether oxygens (including phenoxy) is 1. The molecule has 0 aliphatic heterocycles. The third-order valence-corrected chi connectivity index (χ3v) is 2.66. The molecule has 20 heavy (non-hydrogen) atoms. The Bertz CT molecular complexity index is 641. The van der Waals surface area contributed by atoms with Gasteiger partial charge in [0.25, 0.3) is 0 Å². The van der Waals surface area contributed by atoms with Gasteiger partial charge in [-0.1, -0.05) is 0 Å². The lowest BCUT2D eigenvalue weighted by Crippen LogP contribution is -2.29. The molecule has 2 aromatic rings. The maximum Gasteiger partial charge on any atom is 0.300 e. The number of nitrogen functional groups attached to an aromatic ring is 1. The highest BCUT2D eigenvalue weighted by Gasteiger charge is 2.14. The summed E-state index contributed by atoms with van der Waals surface area (Å²) in [6, 6.07) is 4.69. The standard InChI is InChI=1S/C13H12F2N2O3/c1-7-8(4-12(20-7)13(18)17-16)6-19-9-2-3-10(14)11(15)5-9/h2-5H,6,16H2,1H3,(H,17,18). The molecule has 0 saturated heterocycles. The van der Waals surface area contributed by atoms with Crippen LogP contribution in [0.15, 0.2) is 28.7 Å². The van der Waals surface area contributed by atoms with E-state index in [-0.39, 0.29) is 18.1 Å². The number of nitrogens with one attached hydrogen (secondary N) is 1. The number of carbonyl (C=O) groups is 1. The van der Waals surface area contributed by atoms with Gasteiger partial charge in [0.1, 0.15) is 18.1 Å². The van der Waals surface area contributed by atoms with Crippen LogP contribution in [0.3, 0.4) is 0 Å². The predicted octanol–water partition coefficient (Wildman–Crippen LogP) is 2.05. The van der Waals surface area contributed by atoms with E-state index in [4.69, 9.17) is 15.0 Å². The van der Waals surface area contributed by atoms with Gasteiger partial charge >= 0.3 is 5.91 Å². The fourth-order valence-electron chi connectivity index (χ4n) is 1.57. The number of aryl methyl sites for hydroxylation is 1. The minimum absolute atomic E-state index is 0.0499. The van der Waals surface area contributed by atoms with E-state index in [1.807, 2.05) is 5.43 Å². The molecule has 2 rings (SSSR count). The molecule has 1 amide bonds. The highest BCUT2D eigenvalue weighted by Crippen LogP contribution is 2.20. The number of hydrogen-bond acceptors (Lipinski definition) is 4. The van der Waals surface area contributed by atoms with Crippen molar-refractivity contribution in [2.75, 3.05) is 0 Å². The topological polar surface area (TPSA) is 77.5 Å². The van der Waals surface area contributed by atoms with Crippen LogP contribution in [-0.2, 0) is 6.61 Å². The highest BCUT2D eigenvalue weighted by molar-refractivity contribution is 5.91. The second-order valence-corrected chi connectivity index (χ2v) is 4.03. The number of furan rings is 1. The van der Waals surface area contributed by atoms with Gasteiger partial charge in [-0.05, 0) is 25.1 Å². The minimum atomic E-state index is -0.991. The first-order valence-electron chi connectivity index (χ1n) is 5.69. The molecular weight excluding hydrogens is 270 g/mol. The zero-order valence-electron chi connectivity index (χ0n) is 10.6. The summed E-state index contributed by atoms with van der Waals surface area (Å²) in [7, 11) is 0. The van der Waals surface area contributed by atoms with Crippen molar-refractivity contribution in [2.45, 2.75) is 13.5 Å². The van der Waals surface area contributed by atoms with E-state index in [1.54, 1.807) is 6.92 Å². The lowest BCUT2D eigenvalue weighted by molar-refractivity contribution is 0.0924. The van der Waals surface area contributed by atoms with E-state index in [1.165, 1.54) is 12.1 Å². The molecule has 5 nitrogen and oxygen atoms in total. The monoisotopic (exact) mass is 282 g/mol. The molecule has 3 N–H and O–H groups in total. The summed E-state index contributed by atoms with van der Waals surface area (Å²) in [5, 5.41) is 0. The predicted molar refractivity (Wildman–Crippen MR) is 65.8 cm³/mol.